The van der Waals surface area contributed by atoms with Crippen LogP contribution in [0, 0.1) is 47.0 Å². The third kappa shape index (κ3) is 11.5. The van der Waals surface area contributed by atoms with E-state index in [1.165, 1.54) is 95.2 Å². The highest BCUT2D eigenvalue weighted by Crippen LogP contribution is 2.64. The van der Waals surface area contributed by atoms with Crippen molar-refractivity contribution in [2.75, 3.05) is 9.80 Å². The molecule has 19 rings (SSSR count). The molecule has 9 heteroatoms. The first-order valence-corrected chi connectivity index (χ1v) is 41.8. The Morgan fingerprint density at radius 3 is 2.02 bits per heavy atom. The minimum Gasteiger partial charge on any atom is -0.361 e. The predicted molar refractivity (Wildman–Crippen MR) is 446 cm³/mol. The first-order valence-electron chi connectivity index (χ1n) is 39.8. The molecule has 0 spiro atoms. The Kier molecular flexibility index (Phi) is 18.0. The fourth-order valence-electron chi connectivity index (χ4n) is 21.6. The summed E-state index contributed by atoms with van der Waals surface area (Å²) in [6.45, 7) is 8.09. The summed E-state index contributed by atoms with van der Waals surface area (Å²) in [5.41, 5.74) is 18.3. The summed E-state index contributed by atoms with van der Waals surface area (Å²) in [4.78, 5) is 4.60. The van der Waals surface area contributed by atoms with Crippen LogP contribution in [-0.2, 0) is 10.8 Å². The van der Waals surface area contributed by atoms with Crippen molar-refractivity contribution in [1.29, 1.82) is 0 Å². The molecule has 0 saturated heterocycles. The minimum atomic E-state index is -3.23. The van der Waals surface area contributed by atoms with Gasteiger partial charge in [0.25, 0.3) is 0 Å². The van der Waals surface area contributed by atoms with E-state index in [0.717, 1.165) is 96.1 Å². The Bertz CT molecular complexity index is 5620. The van der Waals surface area contributed by atoms with Crippen LogP contribution in [0.2, 0.25) is 0 Å². The second kappa shape index (κ2) is 28.4. The van der Waals surface area contributed by atoms with Crippen LogP contribution >= 0.6 is 0 Å². The number of halogens is 6. The molecule has 550 valence electrons. The van der Waals surface area contributed by atoms with Gasteiger partial charge in [-0.05, 0) is 266 Å². The molecule has 12 aliphatic rings. The lowest BCUT2D eigenvalue weighted by molar-refractivity contribution is 0.400. The lowest BCUT2D eigenvalue weighted by Gasteiger charge is -2.47. The number of rotatable bonds is 16. The maximum absolute atomic E-state index is 16.6. The SMILES string of the molecule is C=CC1=CC=C(c2ccc(C3(C4C=CC(F)=CC4)C4=C(CCC(N(c5ccc6c(c5)-c5cc(N(c7ccc(F)c(F)c7)C7C=CC8=C(C7)C(C7=CCC(C9=CCC(C=C)C=C9)C=C7)(c7ccc(F)cc7)C7C=CC=CC87)ccc5[Si]6(C5=CCCC=C5)c5ccccc5)C5C=C(F)C(F)=CC5)C4)c4ccccc43)cc2)CC1. The van der Waals surface area contributed by atoms with E-state index in [1.54, 1.807) is 30.4 Å². The zero-order chi connectivity index (χ0) is 75.3. The number of anilines is 3. The Balaban J connectivity index is 0.768. The molecule has 11 atom stereocenters. The summed E-state index contributed by atoms with van der Waals surface area (Å²) >= 11 is 0. The van der Waals surface area contributed by atoms with Gasteiger partial charge < -0.3 is 9.80 Å². The van der Waals surface area contributed by atoms with Crippen molar-refractivity contribution in [3.05, 3.63) is 418 Å². The minimum absolute atomic E-state index is 0.00992. The topological polar surface area (TPSA) is 6.48 Å². The number of hydrogen-bond donors (Lipinski definition) is 0. The predicted octanol–water partition coefficient (Wildman–Crippen LogP) is 23.9. The standard InChI is InChI=1S/C102H86F6N2Si/c1-3-65-23-27-67(28-24-65)69-31-35-71(36-32-69)101(73-39-43-75(103)44-40-73)91-21-13-11-19-85(91)87-53-47-79(61-93(87)101)109(81-49-55-95(105)97(107)63-81)77-51-57-99-89(59-77)90-60-78(52-58-100(90)111(99,83-15-7-5-8-16-83)84-17-9-6-10-18-84)110(82-50-56-96(106)98(108)64-82)80-48-54-88-86-20-12-14-22-92(86)102(94(88)62-80,74-41-45-76(104)46-42-74)72-37-33-70(34-38-72)68-29-25-66(4-2)26-30-68/h3-5,7-9,11-23,25,27-29,31,33-41,43-47,49,51-53,55-60,63-65,69,74,79-80,82,85,91H,1-2,6,10,24,26,30,32,42,48,50,54,61-62H2. The maximum Gasteiger partial charge on any atom is 0.180 e. The highest BCUT2D eigenvalue weighted by molar-refractivity contribution is 7.19. The van der Waals surface area contributed by atoms with Crippen LogP contribution in [0.25, 0.3) is 22.3 Å². The van der Waals surface area contributed by atoms with E-state index in [9.17, 15) is 0 Å². The largest absolute Gasteiger partial charge is 0.361 e. The van der Waals surface area contributed by atoms with Gasteiger partial charge in [-0.15, -0.1) is 6.58 Å². The first-order chi connectivity index (χ1) is 54.4. The quantitative estimate of drug-likeness (QED) is 0.0540. The van der Waals surface area contributed by atoms with Gasteiger partial charge in [0.2, 0.25) is 0 Å². The fraction of sp³-hybridized carbons (Fsp3) is 0.216. The van der Waals surface area contributed by atoms with Crippen molar-refractivity contribution >= 4 is 51.8 Å². The number of allylic oxidation sites excluding steroid dienone is 31. The van der Waals surface area contributed by atoms with Crippen LogP contribution in [-0.4, -0.2) is 26.2 Å². The summed E-state index contributed by atoms with van der Waals surface area (Å²) in [7, 11) is -3.23. The molecule has 0 aromatic heterocycles. The maximum atomic E-state index is 16.6. The lowest BCUT2D eigenvalue weighted by Crippen LogP contribution is -2.66. The van der Waals surface area contributed by atoms with Crippen molar-refractivity contribution < 1.29 is 26.3 Å². The average molecular weight is 1480 g/mol. The molecule has 2 nitrogen and oxygen atoms in total. The van der Waals surface area contributed by atoms with E-state index in [1.807, 2.05) is 24.3 Å². The second-order valence-electron chi connectivity index (χ2n) is 31.9. The van der Waals surface area contributed by atoms with Gasteiger partial charge in [0, 0.05) is 57.8 Å². The molecule has 0 N–H and O–H groups in total. The highest BCUT2D eigenvalue weighted by Gasteiger charge is 2.58. The van der Waals surface area contributed by atoms with Gasteiger partial charge >= 0.3 is 0 Å². The smallest absolute Gasteiger partial charge is 0.180 e. The van der Waals surface area contributed by atoms with Gasteiger partial charge in [-0.1, -0.05) is 231 Å². The van der Waals surface area contributed by atoms with E-state index in [0.29, 0.717) is 30.9 Å². The molecule has 111 heavy (non-hydrogen) atoms. The molecule has 0 amide bonds. The van der Waals surface area contributed by atoms with Gasteiger partial charge in [-0.3, -0.25) is 0 Å². The van der Waals surface area contributed by atoms with Crippen LogP contribution in [0.5, 0.6) is 0 Å². The Hall–Kier alpha value is -11.0. The highest BCUT2D eigenvalue weighted by atomic mass is 28.3. The normalized spacial score (nSPS) is 27.8. The zero-order valence-electron chi connectivity index (χ0n) is 62.0. The van der Waals surface area contributed by atoms with Gasteiger partial charge in [-0.25, -0.2) is 26.3 Å². The van der Waals surface area contributed by atoms with Crippen LogP contribution in [0.15, 0.2) is 373 Å². The van der Waals surface area contributed by atoms with Crippen LogP contribution in [0.4, 0.5) is 43.4 Å². The fourth-order valence-corrected chi connectivity index (χ4v) is 26.9. The third-order valence-corrected chi connectivity index (χ3v) is 31.5. The summed E-state index contributed by atoms with van der Waals surface area (Å²) in [5.74, 6) is -3.97. The molecule has 1 aliphatic heterocycles. The molecule has 0 bridgehead atoms. The molecule has 0 saturated carbocycles. The van der Waals surface area contributed by atoms with Crippen molar-refractivity contribution in [2.45, 2.75) is 106 Å². The first kappa shape index (κ1) is 70.4. The number of nitrogens with zero attached hydrogens (tertiary/aromatic N) is 2. The van der Waals surface area contributed by atoms with Gasteiger partial charge in [0.1, 0.15) is 11.6 Å². The van der Waals surface area contributed by atoms with Crippen molar-refractivity contribution in [3.63, 3.8) is 0 Å². The summed E-state index contributed by atoms with van der Waals surface area (Å²) < 4.78 is 95.6. The molecular weight excluding hydrogens is 1400 g/mol. The van der Waals surface area contributed by atoms with Crippen molar-refractivity contribution in [2.24, 2.45) is 29.6 Å². The Labute approximate surface area is 648 Å². The third-order valence-electron chi connectivity index (χ3n) is 26.6. The summed E-state index contributed by atoms with van der Waals surface area (Å²) in [5, 5.41) is 4.88. The van der Waals surface area contributed by atoms with Crippen molar-refractivity contribution in [3.8, 4) is 11.1 Å². The molecule has 7 aromatic rings. The van der Waals surface area contributed by atoms with E-state index >= 15 is 26.3 Å². The van der Waals surface area contributed by atoms with E-state index in [-0.39, 0.29) is 47.8 Å². The molecule has 0 fully saturated rings. The number of hydrogen-bond acceptors (Lipinski definition) is 2. The van der Waals surface area contributed by atoms with Gasteiger partial charge in [-0.2, -0.15) is 0 Å². The molecular formula is C102H86F6N2Si. The molecule has 11 aliphatic carbocycles. The molecule has 0 radical (unpaired) electrons. The van der Waals surface area contributed by atoms with Crippen molar-refractivity contribution in [1.82, 2.24) is 0 Å². The van der Waals surface area contributed by atoms with E-state index < -0.39 is 54.3 Å². The summed E-state index contributed by atoms with van der Waals surface area (Å²) in [6.07, 6.45) is 59.6. The Morgan fingerprint density at radius 2 is 1.30 bits per heavy atom. The number of benzene rings is 7. The monoisotopic (exact) mass is 1480 g/mol. The van der Waals surface area contributed by atoms with Crippen LogP contribution < -0.4 is 25.4 Å². The van der Waals surface area contributed by atoms with Gasteiger partial charge in [0.15, 0.2) is 31.4 Å². The van der Waals surface area contributed by atoms with E-state index in [2.05, 4.69) is 248 Å². The zero-order valence-corrected chi connectivity index (χ0v) is 63.0. The molecule has 7 aromatic carbocycles. The average Bonchev–Trinajstić information content (AvgIpc) is 1.53. The second-order valence-corrected chi connectivity index (χ2v) is 35.7. The summed E-state index contributed by atoms with van der Waals surface area (Å²) in [6, 6.07) is 52.6. The van der Waals surface area contributed by atoms with Crippen LogP contribution in [0.3, 0.4) is 0 Å². The lowest BCUT2D eigenvalue weighted by atomic mass is 9.59. The van der Waals surface area contributed by atoms with E-state index in [4.69, 9.17) is 0 Å². The van der Waals surface area contributed by atoms with Gasteiger partial charge in [0.05, 0.1) is 12.1 Å². The molecule has 1 heterocycles. The molecule has 11 unspecified atom stereocenters. The van der Waals surface area contributed by atoms with Crippen LogP contribution in [0.1, 0.15) is 105 Å². The number of fused-ring (bicyclic) bond motifs is 7. The Morgan fingerprint density at radius 1 is 0.532 bits per heavy atom.